The molecule has 0 rings (SSSR count). The molecule has 0 amide bonds. The van der Waals surface area contributed by atoms with E-state index in [4.69, 9.17) is 16.7 Å². The van der Waals surface area contributed by atoms with Crippen molar-refractivity contribution in [3.63, 3.8) is 0 Å². The SMILES string of the molecule is CCC(=CC(=O)Cl)C(=O)O. The van der Waals surface area contributed by atoms with Gasteiger partial charge >= 0.3 is 5.97 Å². The minimum Gasteiger partial charge on any atom is -0.478 e. The van der Waals surface area contributed by atoms with Gasteiger partial charge in [0.05, 0.1) is 0 Å². The number of halogens is 1. The molecule has 0 aliphatic heterocycles. The first-order valence-corrected chi connectivity index (χ1v) is 3.09. The summed E-state index contributed by atoms with van der Waals surface area (Å²) in [5.74, 6) is -1.10. The van der Waals surface area contributed by atoms with E-state index >= 15 is 0 Å². The second-order valence-electron chi connectivity index (χ2n) is 1.63. The van der Waals surface area contributed by atoms with Crippen molar-refractivity contribution in [2.24, 2.45) is 0 Å². The molecule has 0 aromatic rings. The van der Waals surface area contributed by atoms with E-state index in [-0.39, 0.29) is 5.57 Å². The van der Waals surface area contributed by atoms with Crippen molar-refractivity contribution in [1.82, 2.24) is 0 Å². The fraction of sp³-hybridized carbons (Fsp3) is 0.333. The van der Waals surface area contributed by atoms with Crippen LogP contribution in [0.25, 0.3) is 0 Å². The zero-order valence-corrected chi connectivity index (χ0v) is 6.18. The topological polar surface area (TPSA) is 54.4 Å². The smallest absolute Gasteiger partial charge is 0.331 e. The molecule has 0 saturated carbocycles. The quantitative estimate of drug-likeness (QED) is 0.501. The number of allylic oxidation sites excluding steroid dienone is 1. The van der Waals surface area contributed by atoms with Crippen molar-refractivity contribution in [3.05, 3.63) is 11.6 Å². The van der Waals surface area contributed by atoms with Gasteiger partial charge in [0.1, 0.15) is 0 Å². The number of hydrogen-bond donors (Lipinski definition) is 1. The summed E-state index contributed by atoms with van der Waals surface area (Å²) in [6.45, 7) is 1.64. The van der Waals surface area contributed by atoms with E-state index in [1.165, 1.54) is 0 Å². The van der Waals surface area contributed by atoms with Crippen LogP contribution in [0.5, 0.6) is 0 Å². The van der Waals surface area contributed by atoms with Gasteiger partial charge in [-0.25, -0.2) is 4.79 Å². The molecule has 3 nitrogen and oxygen atoms in total. The van der Waals surface area contributed by atoms with Crippen LogP contribution in [0, 0.1) is 0 Å². The molecule has 0 bridgehead atoms. The molecule has 0 aromatic heterocycles. The van der Waals surface area contributed by atoms with Gasteiger partial charge in [0.15, 0.2) is 0 Å². The van der Waals surface area contributed by atoms with Crippen LogP contribution >= 0.6 is 11.6 Å². The van der Waals surface area contributed by atoms with E-state index in [1.54, 1.807) is 6.92 Å². The molecule has 0 unspecified atom stereocenters. The molecule has 0 aromatic carbocycles. The second kappa shape index (κ2) is 4.06. The van der Waals surface area contributed by atoms with E-state index < -0.39 is 11.2 Å². The molecule has 56 valence electrons. The maximum atomic E-state index is 10.2. The Bertz CT molecular complexity index is 183. The summed E-state index contributed by atoms with van der Waals surface area (Å²) < 4.78 is 0. The fourth-order valence-corrected chi connectivity index (χ4v) is 0.584. The highest BCUT2D eigenvalue weighted by molar-refractivity contribution is 6.66. The van der Waals surface area contributed by atoms with E-state index in [9.17, 15) is 9.59 Å². The molecule has 10 heavy (non-hydrogen) atoms. The second-order valence-corrected chi connectivity index (χ2v) is 2.00. The first kappa shape index (κ1) is 9.17. The lowest BCUT2D eigenvalue weighted by molar-refractivity contribution is -0.133. The van der Waals surface area contributed by atoms with E-state index in [1.807, 2.05) is 0 Å². The minimum absolute atomic E-state index is 0.0278. The number of carboxylic acids is 1. The Labute approximate surface area is 63.3 Å². The Kier molecular flexibility index (Phi) is 3.72. The molecule has 0 heterocycles. The summed E-state index contributed by atoms with van der Waals surface area (Å²) in [6.07, 6.45) is 1.21. The van der Waals surface area contributed by atoms with Gasteiger partial charge in [-0.2, -0.15) is 0 Å². The van der Waals surface area contributed by atoms with Crippen molar-refractivity contribution in [1.29, 1.82) is 0 Å². The molecule has 0 radical (unpaired) electrons. The third-order valence-electron chi connectivity index (χ3n) is 0.943. The van der Waals surface area contributed by atoms with Gasteiger partial charge in [0.25, 0.3) is 0 Å². The van der Waals surface area contributed by atoms with Crippen molar-refractivity contribution < 1.29 is 14.7 Å². The van der Waals surface area contributed by atoms with Gasteiger partial charge < -0.3 is 5.11 Å². The average Bonchev–Trinajstić information content (AvgIpc) is 1.81. The largest absolute Gasteiger partial charge is 0.478 e. The van der Waals surface area contributed by atoms with Crippen LogP contribution in [0.15, 0.2) is 11.6 Å². The molecular formula is C6H7ClO3. The third kappa shape index (κ3) is 3.25. The van der Waals surface area contributed by atoms with Gasteiger partial charge in [-0.05, 0) is 18.0 Å². The first-order valence-electron chi connectivity index (χ1n) is 2.71. The molecule has 0 aliphatic rings. The number of carbonyl (C=O) groups excluding carboxylic acids is 1. The molecule has 0 spiro atoms. The summed E-state index contributed by atoms with van der Waals surface area (Å²) in [5, 5.41) is 7.59. The summed E-state index contributed by atoms with van der Waals surface area (Å²) in [4.78, 5) is 20.3. The van der Waals surface area contributed by atoms with E-state index in [0.29, 0.717) is 6.42 Å². The Morgan fingerprint density at radius 1 is 1.60 bits per heavy atom. The predicted octanol–water partition coefficient (Wildman–Crippen LogP) is 1.17. The lowest BCUT2D eigenvalue weighted by Gasteiger charge is -1.92. The summed E-state index contributed by atoms with van der Waals surface area (Å²) in [5.41, 5.74) is 0.0278. The summed E-state index contributed by atoms with van der Waals surface area (Å²) in [6, 6.07) is 0. The number of carboxylic acid groups (broad SMARTS) is 1. The van der Waals surface area contributed by atoms with Crippen LogP contribution in [0.3, 0.4) is 0 Å². The zero-order chi connectivity index (χ0) is 8.15. The molecule has 4 heteroatoms. The van der Waals surface area contributed by atoms with Crippen molar-refractivity contribution in [2.75, 3.05) is 0 Å². The molecule has 1 N–H and O–H groups in total. The normalized spacial score (nSPS) is 11.2. The van der Waals surface area contributed by atoms with Gasteiger partial charge in [0.2, 0.25) is 5.24 Å². The molecular weight excluding hydrogens is 156 g/mol. The van der Waals surface area contributed by atoms with Crippen LogP contribution in [0.2, 0.25) is 0 Å². The molecule has 0 atom stereocenters. The van der Waals surface area contributed by atoms with Crippen LogP contribution in [0.1, 0.15) is 13.3 Å². The monoisotopic (exact) mass is 162 g/mol. The Morgan fingerprint density at radius 3 is 2.20 bits per heavy atom. The number of carbonyl (C=O) groups is 2. The summed E-state index contributed by atoms with van der Waals surface area (Å²) >= 11 is 4.92. The highest BCUT2D eigenvalue weighted by atomic mass is 35.5. The highest BCUT2D eigenvalue weighted by Gasteiger charge is 2.04. The van der Waals surface area contributed by atoms with Gasteiger partial charge in [-0.3, -0.25) is 4.79 Å². The van der Waals surface area contributed by atoms with E-state index in [2.05, 4.69) is 0 Å². The van der Waals surface area contributed by atoms with Gasteiger partial charge in [0, 0.05) is 11.6 Å². The molecule has 0 aliphatic carbocycles. The van der Waals surface area contributed by atoms with E-state index in [0.717, 1.165) is 6.08 Å². The summed E-state index contributed by atoms with van der Waals surface area (Å²) in [7, 11) is 0. The van der Waals surface area contributed by atoms with Crippen LogP contribution in [0.4, 0.5) is 0 Å². The fourth-order valence-electron chi connectivity index (χ4n) is 0.452. The highest BCUT2D eigenvalue weighted by Crippen LogP contribution is 2.01. The third-order valence-corrected chi connectivity index (χ3v) is 1.05. The van der Waals surface area contributed by atoms with Crippen molar-refractivity contribution in [3.8, 4) is 0 Å². The Balaban J connectivity index is 4.34. The first-order chi connectivity index (χ1) is 4.57. The van der Waals surface area contributed by atoms with Crippen molar-refractivity contribution >= 4 is 22.8 Å². The molecule has 0 saturated heterocycles. The number of hydrogen-bond acceptors (Lipinski definition) is 2. The lowest BCUT2D eigenvalue weighted by Crippen LogP contribution is -2.00. The van der Waals surface area contributed by atoms with Crippen LogP contribution in [-0.2, 0) is 9.59 Å². The number of aliphatic carboxylic acids is 1. The average molecular weight is 163 g/mol. The van der Waals surface area contributed by atoms with Gasteiger partial charge in [-0.15, -0.1) is 0 Å². The van der Waals surface area contributed by atoms with Crippen LogP contribution < -0.4 is 0 Å². The zero-order valence-electron chi connectivity index (χ0n) is 5.43. The van der Waals surface area contributed by atoms with Gasteiger partial charge in [-0.1, -0.05) is 6.92 Å². The van der Waals surface area contributed by atoms with Crippen LogP contribution in [-0.4, -0.2) is 16.3 Å². The lowest BCUT2D eigenvalue weighted by atomic mass is 10.2. The Hall–Kier alpha value is -0.830. The van der Waals surface area contributed by atoms with Crippen molar-refractivity contribution in [2.45, 2.75) is 13.3 Å². The Morgan fingerprint density at radius 2 is 2.10 bits per heavy atom. The minimum atomic E-state index is -1.10. The standard InChI is InChI=1S/C6H7ClO3/c1-2-4(6(9)10)3-5(7)8/h3H,2H2,1H3,(H,9,10). The maximum absolute atomic E-state index is 10.2. The maximum Gasteiger partial charge on any atom is 0.331 e. The molecule has 0 fully saturated rings. The predicted molar refractivity (Wildman–Crippen MR) is 36.9 cm³/mol. The number of rotatable bonds is 3.